The summed E-state index contributed by atoms with van der Waals surface area (Å²) in [6.45, 7) is 5.45. The molecule has 0 spiro atoms. The molecule has 0 bridgehead atoms. The number of ether oxygens (including phenoxy) is 1. The molecule has 0 amide bonds. The van der Waals surface area contributed by atoms with Crippen LogP contribution in [0.15, 0.2) is 64.7 Å². The quantitative estimate of drug-likeness (QED) is 0.427. The van der Waals surface area contributed by atoms with Gasteiger partial charge in [0.2, 0.25) is 5.56 Å². The number of hydrogen-bond donors (Lipinski definition) is 1. The fourth-order valence-electron chi connectivity index (χ4n) is 4.16. The number of piperazine rings is 1. The Morgan fingerprint density at radius 3 is 2.84 bits per heavy atom. The van der Waals surface area contributed by atoms with Crippen molar-refractivity contribution in [1.82, 2.24) is 9.88 Å². The van der Waals surface area contributed by atoms with Crippen LogP contribution in [-0.4, -0.2) is 49.2 Å². The molecule has 5 rings (SSSR count). The maximum atomic E-state index is 11.5. The Labute approximate surface area is 188 Å². The lowest BCUT2D eigenvalue weighted by Gasteiger charge is -2.36. The van der Waals surface area contributed by atoms with E-state index >= 15 is 0 Å². The van der Waals surface area contributed by atoms with E-state index in [1.165, 1.54) is 6.07 Å². The summed E-state index contributed by atoms with van der Waals surface area (Å²) in [6.07, 6.45) is 2.04. The average molecular weight is 436 g/mol. The Morgan fingerprint density at radius 2 is 1.94 bits per heavy atom. The molecule has 5 nitrogen and oxygen atoms in total. The summed E-state index contributed by atoms with van der Waals surface area (Å²) in [7, 11) is 0. The molecule has 1 N–H and O–H groups in total. The number of benzene rings is 2. The predicted octanol–water partition coefficient (Wildman–Crippen LogP) is 4.72. The third-order valence-corrected chi connectivity index (χ3v) is 6.70. The first-order chi connectivity index (χ1) is 16.1. The van der Waals surface area contributed by atoms with Crippen molar-refractivity contribution in [2.24, 2.45) is 0 Å². The second kappa shape index (κ2) is 9.12. The van der Waals surface area contributed by atoms with Gasteiger partial charge >= 0.3 is 0 Å². The summed E-state index contributed by atoms with van der Waals surface area (Å²) in [6, 6.07) is 13.8. The fourth-order valence-corrected chi connectivity index (χ4v) is 4.92. The fraction of sp³-hybridized carbons (Fsp3) is 0.320. The molecule has 160 valence electrons. The van der Waals surface area contributed by atoms with E-state index in [1.807, 2.05) is 35.7 Å². The molecule has 3 heterocycles. The number of fused-ring (bicyclic) bond motifs is 2. The van der Waals surface area contributed by atoms with Gasteiger partial charge in [-0.15, -0.1) is 11.3 Å². The summed E-state index contributed by atoms with van der Waals surface area (Å²) >= 11 is 1.58. The largest absolute Gasteiger partial charge is 0.494 e. The number of pyridine rings is 1. The standard InChI is InChI=1S/C25H27N3O2S/c29-25-9-7-19-6-8-20(18-22(19)26-25)30-16-2-1-11-27-12-14-28(15-13-27)23-4-3-5-24-21(23)10-17-31-24/h3-10,17-18H,1-2,11-16H2,(H,26,29)/i4D,5D. The molecule has 2 aromatic heterocycles. The van der Waals surface area contributed by atoms with E-state index < -0.39 is 0 Å². The lowest BCUT2D eigenvalue weighted by atomic mass is 10.2. The predicted molar refractivity (Wildman–Crippen MR) is 130 cm³/mol. The molecule has 1 aliphatic rings. The number of unbranched alkanes of at least 4 members (excludes halogenated alkanes) is 1. The van der Waals surface area contributed by atoms with Crippen LogP contribution in [0.5, 0.6) is 5.75 Å². The minimum Gasteiger partial charge on any atom is -0.494 e. The van der Waals surface area contributed by atoms with Gasteiger partial charge < -0.3 is 14.6 Å². The lowest BCUT2D eigenvalue weighted by Crippen LogP contribution is -2.46. The number of aromatic nitrogens is 1. The monoisotopic (exact) mass is 435 g/mol. The second-order valence-electron chi connectivity index (χ2n) is 7.90. The number of rotatable bonds is 7. The maximum Gasteiger partial charge on any atom is 0.248 e. The molecular weight excluding hydrogens is 406 g/mol. The molecule has 31 heavy (non-hydrogen) atoms. The topological polar surface area (TPSA) is 48.6 Å². The number of anilines is 1. The summed E-state index contributed by atoms with van der Waals surface area (Å²) in [4.78, 5) is 19.1. The molecule has 2 aromatic carbocycles. The van der Waals surface area contributed by atoms with Gasteiger partial charge in [0.25, 0.3) is 0 Å². The normalized spacial score (nSPS) is 15.9. The minimum absolute atomic E-state index is 0.105. The van der Waals surface area contributed by atoms with Crippen LogP contribution in [0.25, 0.3) is 21.0 Å². The Hall–Kier alpha value is -2.83. The van der Waals surface area contributed by atoms with Crippen LogP contribution in [0.4, 0.5) is 5.69 Å². The first kappa shape index (κ1) is 17.8. The molecule has 1 aliphatic heterocycles. The van der Waals surface area contributed by atoms with Crippen LogP contribution >= 0.6 is 11.3 Å². The Kier molecular flexibility index (Phi) is 5.24. The first-order valence-electron chi connectivity index (χ1n) is 11.8. The third-order valence-electron chi connectivity index (χ3n) is 5.86. The highest BCUT2D eigenvalue weighted by Crippen LogP contribution is 2.31. The van der Waals surface area contributed by atoms with Crippen molar-refractivity contribution in [2.45, 2.75) is 12.8 Å². The lowest BCUT2D eigenvalue weighted by molar-refractivity contribution is 0.239. The maximum absolute atomic E-state index is 11.5. The number of H-pyrrole nitrogens is 1. The third kappa shape index (κ3) is 4.60. The molecule has 0 aliphatic carbocycles. The molecule has 6 heteroatoms. The number of hydrogen-bond acceptors (Lipinski definition) is 5. The van der Waals surface area contributed by atoms with Crippen molar-refractivity contribution >= 4 is 38.0 Å². The van der Waals surface area contributed by atoms with Crippen molar-refractivity contribution in [3.8, 4) is 5.75 Å². The molecule has 1 saturated heterocycles. The molecule has 0 radical (unpaired) electrons. The van der Waals surface area contributed by atoms with E-state index in [1.54, 1.807) is 17.4 Å². The van der Waals surface area contributed by atoms with Crippen molar-refractivity contribution in [1.29, 1.82) is 0 Å². The van der Waals surface area contributed by atoms with E-state index in [2.05, 4.69) is 14.8 Å². The average Bonchev–Trinajstić information content (AvgIpc) is 3.30. The molecular formula is C25H27N3O2S. The Morgan fingerprint density at radius 1 is 1.06 bits per heavy atom. The summed E-state index contributed by atoms with van der Waals surface area (Å²) < 4.78 is 23.4. The molecule has 1 fully saturated rings. The second-order valence-corrected chi connectivity index (χ2v) is 8.82. The van der Waals surface area contributed by atoms with Crippen molar-refractivity contribution in [2.75, 3.05) is 44.2 Å². The van der Waals surface area contributed by atoms with Gasteiger partial charge in [0.05, 0.1) is 14.9 Å². The Bertz CT molecular complexity index is 1330. The molecule has 0 unspecified atom stereocenters. The van der Waals surface area contributed by atoms with Gasteiger partial charge in [0, 0.05) is 54.1 Å². The van der Waals surface area contributed by atoms with E-state index in [4.69, 9.17) is 7.48 Å². The number of aromatic amines is 1. The van der Waals surface area contributed by atoms with Crippen molar-refractivity contribution < 1.29 is 7.48 Å². The highest BCUT2D eigenvalue weighted by atomic mass is 32.1. The molecule has 4 aromatic rings. The van der Waals surface area contributed by atoms with Gasteiger partial charge in [-0.1, -0.05) is 6.07 Å². The van der Waals surface area contributed by atoms with E-state index in [0.717, 1.165) is 78.0 Å². The SMILES string of the molecule is [2H]c1cc([2H])c2sccc2c1N1CCN(CCCCOc2ccc3ccc(=O)[nH]c3c2)CC1. The summed E-state index contributed by atoms with van der Waals surface area (Å²) in [5.41, 5.74) is 1.67. The number of thiophene rings is 1. The van der Waals surface area contributed by atoms with E-state index in [9.17, 15) is 4.79 Å². The minimum atomic E-state index is -0.105. The van der Waals surface area contributed by atoms with Gasteiger partial charge in [0.1, 0.15) is 5.75 Å². The smallest absolute Gasteiger partial charge is 0.248 e. The van der Waals surface area contributed by atoms with Crippen molar-refractivity contribution in [3.05, 3.63) is 70.3 Å². The summed E-state index contributed by atoms with van der Waals surface area (Å²) in [5.74, 6) is 0.780. The van der Waals surface area contributed by atoms with Crippen LogP contribution in [0.1, 0.15) is 15.6 Å². The number of nitrogens with one attached hydrogen (secondary N) is 1. The molecule has 0 saturated carbocycles. The van der Waals surface area contributed by atoms with E-state index in [0.29, 0.717) is 18.7 Å². The summed E-state index contributed by atoms with van der Waals surface area (Å²) in [5, 5.41) is 4.05. The van der Waals surface area contributed by atoms with Crippen LogP contribution in [0.2, 0.25) is 0 Å². The van der Waals surface area contributed by atoms with E-state index in [-0.39, 0.29) is 5.56 Å². The van der Waals surface area contributed by atoms with Gasteiger partial charge in [-0.25, -0.2) is 0 Å². The highest BCUT2D eigenvalue weighted by Gasteiger charge is 2.18. The Balaban J connectivity index is 1.08. The van der Waals surface area contributed by atoms with Gasteiger partial charge in [-0.3, -0.25) is 9.69 Å². The van der Waals surface area contributed by atoms with Crippen LogP contribution in [0, 0.1) is 0 Å². The zero-order valence-corrected chi connectivity index (χ0v) is 18.2. The van der Waals surface area contributed by atoms with Crippen LogP contribution in [0.3, 0.4) is 0 Å². The zero-order chi connectivity index (χ0) is 22.8. The molecule has 0 atom stereocenters. The van der Waals surface area contributed by atoms with Gasteiger partial charge in [0.15, 0.2) is 0 Å². The first-order valence-corrected chi connectivity index (χ1v) is 11.7. The highest BCUT2D eigenvalue weighted by molar-refractivity contribution is 7.17. The number of nitrogens with zero attached hydrogens (tertiary/aromatic N) is 2. The van der Waals surface area contributed by atoms with Gasteiger partial charge in [-0.2, -0.15) is 0 Å². The van der Waals surface area contributed by atoms with Gasteiger partial charge in [-0.05, 0) is 66.5 Å². The van der Waals surface area contributed by atoms with Crippen molar-refractivity contribution in [3.63, 3.8) is 0 Å². The zero-order valence-electron chi connectivity index (χ0n) is 19.4. The van der Waals surface area contributed by atoms with Crippen LogP contribution < -0.4 is 15.2 Å². The van der Waals surface area contributed by atoms with Crippen LogP contribution in [-0.2, 0) is 0 Å².